The molecule has 0 heterocycles. The first-order valence-electron chi connectivity index (χ1n) is 11.3. The third-order valence-electron chi connectivity index (χ3n) is 4.66. The fourth-order valence-corrected chi connectivity index (χ4v) is 2.80. The number of hydrogen-bond donors (Lipinski definition) is 3. The highest BCUT2D eigenvalue weighted by Gasteiger charge is 2.15. The van der Waals surface area contributed by atoms with Crippen LogP contribution in [0.5, 0.6) is 0 Å². The second-order valence-electron chi connectivity index (χ2n) is 8.02. The smallest absolute Gasteiger partial charge is 0.331 e. The molecule has 1 atom stereocenters. The van der Waals surface area contributed by atoms with E-state index in [0.717, 1.165) is 63.2 Å². The third kappa shape index (κ3) is 22.1. The minimum absolute atomic E-state index is 0.00421. The Morgan fingerprint density at radius 2 is 1.50 bits per heavy atom. The van der Waals surface area contributed by atoms with Crippen LogP contribution in [0.15, 0.2) is 23.8 Å². The Morgan fingerprint density at radius 1 is 0.844 bits per heavy atom. The lowest BCUT2D eigenvalue weighted by Crippen LogP contribution is -2.09. The fourth-order valence-electron chi connectivity index (χ4n) is 2.80. The Kier molecular flexibility index (Phi) is 20.0. The Balaban J connectivity index is 0. The zero-order valence-electron chi connectivity index (χ0n) is 19.8. The number of aliphatic carboxylic acids is 3. The number of carboxylic acid groups (broad SMARTS) is 3. The number of carboxylic acids is 3. The van der Waals surface area contributed by atoms with Crippen LogP contribution in [0, 0.1) is 11.8 Å². The molecule has 0 saturated heterocycles. The minimum atomic E-state index is -1.19. The van der Waals surface area contributed by atoms with Gasteiger partial charge in [-0.15, -0.1) is 0 Å². The first kappa shape index (κ1) is 31.5. The van der Waals surface area contributed by atoms with E-state index >= 15 is 0 Å². The summed E-state index contributed by atoms with van der Waals surface area (Å²) in [5, 5.41) is 25.7. The molecule has 0 aromatic rings. The molecule has 0 rings (SSSR count). The van der Waals surface area contributed by atoms with E-state index in [2.05, 4.69) is 20.8 Å². The van der Waals surface area contributed by atoms with E-state index in [4.69, 9.17) is 20.1 Å². The van der Waals surface area contributed by atoms with Crippen molar-refractivity contribution in [3.63, 3.8) is 0 Å². The van der Waals surface area contributed by atoms with Gasteiger partial charge in [0.1, 0.15) is 0 Å². The second kappa shape index (κ2) is 20.3. The van der Waals surface area contributed by atoms with E-state index in [0.29, 0.717) is 18.9 Å². The summed E-state index contributed by atoms with van der Waals surface area (Å²) < 4.78 is 4.81. The number of carbonyl (C=O) groups is 4. The summed E-state index contributed by atoms with van der Waals surface area (Å²) in [5.41, 5.74) is -0.00421. The van der Waals surface area contributed by atoms with Crippen molar-refractivity contribution in [1.29, 1.82) is 0 Å². The van der Waals surface area contributed by atoms with Crippen molar-refractivity contribution in [1.82, 2.24) is 0 Å². The summed E-state index contributed by atoms with van der Waals surface area (Å²) in [6.45, 7) is 8.80. The SMILES string of the molecule is CC(C)CCCCCOC(=O)/C=C\C(=O)O.CCCCC(CC)C/C(=C/C(=O)O)C(=O)O. The molecule has 0 spiro atoms. The summed E-state index contributed by atoms with van der Waals surface area (Å²) in [6, 6.07) is 0. The van der Waals surface area contributed by atoms with Gasteiger partial charge in [0.25, 0.3) is 0 Å². The van der Waals surface area contributed by atoms with Gasteiger partial charge in [-0.05, 0) is 24.7 Å². The largest absolute Gasteiger partial charge is 0.478 e. The maximum absolute atomic E-state index is 10.9. The normalized spacial score (nSPS) is 12.2. The standard InChI is InChI=1S/2C12H20O4/c1-10(2)6-4-3-5-9-16-12(15)8-7-11(13)14;1-3-5-6-9(4-2)7-10(12(15)16)8-11(13)14/h7-8,10H,3-6,9H2,1-2H3,(H,13,14);8-9H,3-7H2,1-2H3,(H,13,14)(H,15,16)/b8-7-;10-8-. The monoisotopic (exact) mass is 456 g/mol. The first-order chi connectivity index (χ1) is 15.0. The second-order valence-corrected chi connectivity index (χ2v) is 8.02. The Bertz CT molecular complexity index is 619. The molecule has 0 fully saturated rings. The Morgan fingerprint density at radius 3 is 1.97 bits per heavy atom. The molecule has 0 aromatic heterocycles. The predicted octanol–water partition coefficient (Wildman–Crippen LogP) is 5.08. The van der Waals surface area contributed by atoms with Gasteiger partial charge in [0, 0.05) is 23.8 Å². The van der Waals surface area contributed by atoms with Gasteiger partial charge < -0.3 is 20.1 Å². The summed E-state index contributed by atoms with van der Waals surface area (Å²) in [5.74, 6) is -3.08. The van der Waals surface area contributed by atoms with Crippen molar-refractivity contribution in [3.8, 4) is 0 Å². The molecular formula is C24H40O8. The zero-order chi connectivity index (χ0) is 24.9. The molecule has 8 heteroatoms. The van der Waals surface area contributed by atoms with Crippen LogP contribution in [-0.2, 0) is 23.9 Å². The molecular weight excluding hydrogens is 416 g/mol. The first-order valence-corrected chi connectivity index (χ1v) is 11.3. The maximum Gasteiger partial charge on any atom is 0.331 e. The Labute approximate surface area is 191 Å². The fraction of sp³-hybridized carbons (Fsp3) is 0.667. The van der Waals surface area contributed by atoms with Gasteiger partial charge >= 0.3 is 23.9 Å². The summed E-state index contributed by atoms with van der Waals surface area (Å²) in [6.07, 6.45) is 11.0. The molecule has 0 aliphatic heterocycles. The molecule has 32 heavy (non-hydrogen) atoms. The summed E-state index contributed by atoms with van der Waals surface area (Å²) >= 11 is 0. The molecule has 0 aliphatic carbocycles. The highest BCUT2D eigenvalue weighted by molar-refractivity contribution is 5.94. The molecule has 0 amide bonds. The van der Waals surface area contributed by atoms with Crippen molar-refractivity contribution in [3.05, 3.63) is 23.8 Å². The van der Waals surface area contributed by atoms with Crippen LogP contribution < -0.4 is 0 Å². The molecule has 0 aromatic carbocycles. The predicted molar refractivity (Wildman–Crippen MR) is 122 cm³/mol. The molecule has 1 unspecified atom stereocenters. The van der Waals surface area contributed by atoms with Crippen molar-refractivity contribution in [2.75, 3.05) is 6.61 Å². The van der Waals surface area contributed by atoms with Crippen LogP contribution in [-0.4, -0.2) is 45.8 Å². The van der Waals surface area contributed by atoms with Crippen molar-refractivity contribution in [2.24, 2.45) is 11.8 Å². The molecule has 184 valence electrons. The average molecular weight is 457 g/mol. The van der Waals surface area contributed by atoms with Gasteiger partial charge in [0.15, 0.2) is 0 Å². The van der Waals surface area contributed by atoms with E-state index in [9.17, 15) is 19.2 Å². The van der Waals surface area contributed by atoms with Gasteiger partial charge in [-0.25, -0.2) is 19.2 Å². The van der Waals surface area contributed by atoms with Crippen molar-refractivity contribution in [2.45, 2.75) is 85.5 Å². The topological polar surface area (TPSA) is 138 Å². The van der Waals surface area contributed by atoms with Gasteiger partial charge in [-0.1, -0.05) is 72.6 Å². The van der Waals surface area contributed by atoms with Crippen LogP contribution in [0.1, 0.15) is 85.5 Å². The van der Waals surface area contributed by atoms with Gasteiger partial charge in [-0.2, -0.15) is 0 Å². The number of carbonyl (C=O) groups excluding carboxylic acids is 1. The van der Waals surface area contributed by atoms with Gasteiger partial charge in [0.05, 0.1) is 6.61 Å². The lowest BCUT2D eigenvalue weighted by molar-refractivity contribution is -0.138. The van der Waals surface area contributed by atoms with Crippen molar-refractivity contribution < 1.29 is 39.2 Å². The maximum atomic E-state index is 10.9. The lowest BCUT2D eigenvalue weighted by Gasteiger charge is -2.14. The molecule has 8 nitrogen and oxygen atoms in total. The summed E-state index contributed by atoms with van der Waals surface area (Å²) in [4.78, 5) is 42.3. The number of rotatable bonds is 16. The van der Waals surface area contributed by atoms with Crippen LogP contribution >= 0.6 is 0 Å². The van der Waals surface area contributed by atoms with Crippen LogP contribution in [0.4, 0.5) is 0 Å². The average Bonchev–Trinajstić information content (AvgIpc) is 2.71. The van der Waals surface area contributed by atoms with Crippen LogP contribution in [0.2, 0.25) is 0 Å². The van der Waals surface area contributed by atoms with E-state index < -0.39 is 23.9 Å². The van der Waals surface area contributed by atoms with Crippen LogP contribution in [0.25, 0.3) is 0 Å². The minimum Gasteiger partial charge on any atom is -0.478 e. The highest BCUT2D eigenvalue weighted by Crippen LogP contribution is 2.21. The van der Waals surface area contributed by atoms with E-state index in [1.54, 1.807) is 0 Å². The highest BCUT2D eigenvalue weighted by atomic mass is 16.5. The molecule has 0 bridgehead atoms. The van der Waals surface area contributed by atoms with Gasteiger partial charge in [-0.3, -0.25) is 0 Å². The van der Waals surface area contributed by atoms with Crippen LogP contribution in [0.3, 0.4) is 0 Å². The molecule has 3 N–H and O–H groups in total. The number of unbranched alkanes of at least 4 members (excludes halogenated alkanes) is 3. The zero-order valence-corrected chi connectivity index (χ0v) is 19.8. The quantitative estimate of drug-likeness (QED) is 0.166. The van der Waals surface area contributed by atoms with E-state index in [1.165, 1.54) is 6.42 Å². The molecule has 0 saturated carbocycles. The third-order valence-corrected chi connectivity index (χ3v) is 4.66. The number of ether oxygens (including phenoxy) is 1. The summed E-state index contributed by atoms with van der Waals surface area (Å²) in [7, 11) is 0. The van der Waals surface area contributed by atoms with E-state index in [1.807, 2.05) is 6.92 Å². The Hall–Kier alpha value is -2.64. The number of esters is 1. The van der Waals surface area contributed by atoms with E-state index in [-0.39, 0.29) is 11.5 Å². The van der Waals surface area contributed by atoms with Gasteiger partial charge in [0.2, 0.25) is 0 Å². The molecule has 0 aliphatic rings. The van der Waals surface area contributed by atoms with Crippen molar-refractivity contribution >= 4 is 23.9 Å². The lowest BCUT2D eigenvalue weighted by atomic mass is 9.92. The molecule has 0 radical (unpaired) electrons. The number of hydrogen-bond acceptors (Lipinski definition) is 5.